The summed E-state index contributed by atoms with van der Waals surface area (Å²) in [7, 11) is 0. The first-order valence-electron chi connectivity index (χ1n) is 5.28. The molecule has 0 atom stereocenters. The number of rotatable bonds is 4. The SMILES string of the molecule is CCn1cncc1CNc1ccc(Br)cc1. The van der Waals surface area contributed by atoms with Crippen molar-refractivity contribution in [3.8, 4) is 0 Å². The van der Waals surface area contributed by atoms with Crippen LogP contribution in [0, 0.1) is 0 Å². The molecule has 0 saturated carbocycles. The van der Waals surface area contributed by atoms with Crippen LogP contribution in [0.15, 0.2) is 41.3 Å². The van der Waals surface area contributed by atoms with Gasteiger partial charge in [0.1, 0.15) is 0 Å². The molecule has 2 aromatic rings. The Labute approximate surface area is 104 Å². The lowest BCUT2D eigenvalue weighted by atomic mass is 10.3. The molecule has 0 spiro atoms. The molecule has 0 amide bonds. The third-order valence-corrected chi connectivity index (χ3v) is 2.99. The van der Waals surface area contributed by atoms with Crippen LogP contribution in [-0.4, -0.2) is 9.55 Å². The number of hydrogen-bond acceptors (Lipinski definition) is 2. The summed E-state index contributed by atoms with van der Waals surface area (Å²) in [4.78, 5) is 4.13. The number of anilines is 1. The monoisotopic (exact) mass is 279 g/mol. The highest BCUT2D eigenvalue weighted by molar-refractivity contribution is 9.10. The summed E-state index contributed by atoms with van der Waals surface area (Å²) < 4.78 is 3.22. The van der Waals surface area contributed by atoms with Gasteiger partial charge in [-0.05, 0) is 31.2 Å². The van der Waals surface area contributed by atoms with Gasteiger partial charge in [-0.2, -0.15) is 0 Å². The van der Waals surface area contributed by atoms with Crippen molar-refractivity contribution >= 4 is 21.6 Å². The minimum absolute atomic E-state index is 0.801. The lowest BCUT2D eigenvalue weighted by molar-refractivity contribution is 0.719. The molecule has 1 heterocycles. The van der Waals surface area contributed by atoms with E-state index >= 15 is 0 Å². The molecule has 0 fully saturated rings. The third-order valence-electron chi connectivity index (χ3n) is 2.46. The molecule has 0 radical (unpaired) electrons. The fraction of sp³-hybridized carbons (Fsp3) is 0.250. The summed E-state index contributed by atoms with van der Waals surface area (Å²) in [6, 6.07) is 8.16. The number of hydrogen-bond donors (Lipinski definition) is 1. The van der Waals surface area contributed by atoms with Crippen molar-refractivity contribution in [3.63, 3.8) is 0 Å². The minimum Gasteiger partial charge on any atom is -0.379 e. The molecular formula is C12H14BrN3. The Hall–Kier alpha value is -1.29. The molecule has 1 aromatic heterocycles. The van der Waals surface area contributed by atoms with Gasteiger partial charge in [0.25, 0.3) is 0 Å². The zero-order chi connectivity index (χ0) is 11.4. The zero-order valence-corrected chi connectivity index (χ0v) is 10.7. The van der Waals surface area contributed by atoms with Crippen LogP contribution >= 0.6 is 15.9 Å². The van der Waals surface area contributed by atoms with E-state index in [1.807, 2.05) is 24.7 Å². The minimum atomic E-state index is 0.801. The van der Waals surface area contributed by atoms with Crippen LogP contribution in [-0.2, 0) is 13.1 Å². The van der Waals surface area contributed by atoms with Crippen LogP contribution in [0.2, 0.25) is 0 Å². The molecule has 0 unspecified atom stereocenters. The highest BCUT2D eigenvalue weighted by Crippen LogP contribution is 2.14. The van der Waals surface area contributed by atoms with Crippen molar-refractivity contribution in [2.45, 2.75) is 20.0 Å². The molecule has 3 nitrogen and oxygen atoms in total. The molecule has 0 aliphatic rings. The lowest BCUT2D eigenvalue weighted by Gasteiger charge is -2.08. The first kappa shape index (κ1) is 11.2. The Morgan fingerprint density at radius 3 is 2.75 bits per heavy atom. The molecule has 0 aliphatic carbocycles. The second-order valence-electron chi connectivity index (χ2n) is 3.53. The maximum absolute atomic E-state index is 4.13. The van der Waals surface area contributed by atoms with Crippen LogP contribution in [0.25, 0.3) is 0 Å². The molecule has 16 heavy (non-hydrogen) atoms. The maximum Gasteiger partial charge on any atom is 0.0948 e. The van der Waals surface area contributed by atoms with Gasteiger partial charge in [-0.15, -0.1) is 0 Å². The van der Waals surface area contributed by atoms with Gasteiger partial charge < -0.3 is 9.88 Å². The van der Waals surface area contributed by atoms with Crippen molar-refractivity contribution in [3.05, 3.63) is 47.0 Å². The number of halogens is 1. The summed E-state index contributed by atoms with van der Waals surface area (Å²) in [6.45, 7) is 3.87. The first-order valence-corrected chi connectivity index (χ1v) is 6.07. The Balaban J connectivity index is 1.99. The summed E-state index contributed by atoms with van der Waals surface area (Å²) in [5.41, 5.74) is 2.32. The second kappa shape index (κ2) is 5.16. The van der Waals surface area contributed by atoms with E-state index in [9.17, 15) is 0 Å². The highest BCUT2D eigenvalue weighted by Gasteiger charge is 1.99. The van der Waals surface area contributed by atoms with Crippen LogP contribution in [0.5, 0.6) is 0 Å². The molecular weight excluding hydrogens is 266 g/mol. The zero-order valence-electron chi connectivity index (χ0n) is 9.15. The van der Waals surface area contributed by atoms with Gasteiger partial charge in [0.15, 0.2) is 0 Å². The van der Waals surface area contributed by atoms with Crippen molar-refractivity contribution in [2.24, 2.45) is 0 Å². The fourth-order valence-corrected chi connectivity index (χ4v) is 1.80. The van der Waals surface area contributed by atoms with Gasteiger partial charge in [-0.25, -0.2) is 4.98 Å². The quantitative estimate of drug-likeness (QED) is 0.931. The van der Waals surface area contributed by atoms with E-state index in [0.29, 0.717) is 0 Å². The fourth-order valence-electron chi connectivity index (χ4n) is 1.54. The normalized spacial score (nSPS) is 10.4. The molecule has 1 aromatic carbocycles. The van der Waals surface area contributed by atoms with Crippen LogP contribution < -0.4 is 5.32 Å². The number of benzene rings is 1. The van der Waals surface area contributed by atoms with Crippen molar-refractivity contribution < 1.29 is 0 Å². The van der Waals surface area contributed by atoms with E-state index < -0.39 is 0 Å². The topological polar surface area (TPSA) is 29.9 Å². The van der Waals surface area contributed by atoms with E-state index in [2.05, 4.69) is 49.9 Å². The van der Waals surface area contributed by atoms with E-state index in [-0.39, 0.29) is 0 Å². The van der Waals surface area contributed by atoms with E-state index in [1.165, 1.54) is 5.69 Å². The molecule has 0 aliphatic heterocycles. The maximum atomic E-state index is 4.13. The Bertz CT molecular complexity index is 448. The molecule has 1 N–H and O–H groups in total. The van der Waals surface area contributed by atoms with Gasteiger partial charge in [-0.3, -0.25) is 0 Å². The molecule has 0 saturated heterocycles. The van der Waals surface area contributed by atoms with E-state index in [1.54, 1.807) is 0 Å². The second-order valence-corrected chi connectivity index (χ2v) is 4.45. The van der Waals surface area contributed by atoms with Gasteiger partial charge in [-0.1, -0.05) is 15.9 Å². The average Bonchev–Trinajstić information content (AvgIpc) is 2.76. The number of nitrogens with one attached hydrogen (secondary N) is 1. The molecule has 2 rings (SSSR count). The van der Waals surface area contributed by atoms with Crippen molar-refractivity contribution in [2.75, 3.05) is 5.32 Å². The summed E-state index contributed by atoms with van der Waals surface area (Å²) in [6.07, 6.45) is 3.76. The van der Waals surface area contributed by atoms with Crippen molar-refractivity contribution in [1.29, 1.82) is 0 Å². The van der Waals surface area contributed by atoms with E-state index in [4.69, 9.17) is 0 Å². The molecule has 84 valence electrons. The number of aryl methyl sites for hydroxylation is 1. The number of aromatic nitrogens is 2. The summed E-state index contributed by atoms with van der Waals surface area (Å²) in [5, 5.41) is 3.37. The van der Waals surface area contributed by atoms with Crippen molar-refractivity contribution in [1.82, 2.24) is 9.55 Å². The van der Waals surface area contributed by atoms with E-state index in [0.717, 1.165) is 23.2 Å². The third kappa shape index (κ3) is 2.64. The summed E-state index contributed by atoms with van der Waals surface area (Å²) in [5.74, 6) is 0. The predicted octanol–water partition coefficient (Wildman–Crippen LogP) is 3.28. The lowest BCUT2D eigenvalue weighted by Crippen LogP contribution is -2.05. The van der Waals surface area contributed by atoms with Crippen LogP contribution in [0.1, 0.15) is 12.6 Å². The van der Waals surface area contributed by atoms with Gasteiger partial charge in [0.05, 0.1) is 18.6 Å². The standard InChI is InChI=1S/C12H14BrN3/c1-2-16-9-14-7-12(16)8-15-11-5-3-10(13)4-6-11/h3-7,9,15H,2,8H2,1H3. The number of imidazole rings is 1. The Morgan fingerprint density at radius 2 is 2.06 bits per heavy atom. The Kier molecular flexibility index (Phi) is 3.62. The average molecular weight is 280 g/mol. The largest absolute Gasteiger partial charge is 0.379 e. The smallest absolute Gasteiger partial charge is 0.0948 e. The molecule has 0 bridgehead atoms. The first-order chi connectivity index (χ1) is 7.79. The van der Waals surface area contributed by atoms with Crippen LogP contribution in [0.3, 0.4) is 0 Å². The van der Waals surface area contributed by atoms with Crippen LogP contribution in [0.4, 0.5) is 5.69 Å². The number of nitrogens with zero attached hydrogens (tertiary/aromatic N) is 2. The predicted molar refractivity (Wildman–Crippen MR) is 69.4 cm³/mol. The molecule has 4 heteroatoms. The Morgan fingerprint density at radius 1 is 1.31 bits per heavy atom. The summed E-state index contributed by atoms with van der Waals surface area (Å²) >= 11 is 3.42. The van der Waals surface area contributed by atoms with Gasteiger partial charge in [0.2, 0.25) is 0 Å². The van der Waals surface area contributed by atoms with Gasteiger partial charge in [0, 0.05) is 22.9 Å². The van der Waals surface area contributed by atoms with Gasteiger partial charge >= 0.3 is 0 Å². The highest BCUT2D eigenvalue weighted by atomic mass is 79.9.